The van der Waals surface area contributed by atoms with Crippen LogP contribution in [0.4, 0.5) is 0 Å². The van der Waals surface area contributed by atoms with E-state index in [1.807, 2.05) is 0 Å². The molecular formula is C16H20BrN. The van der Waals surface area contributed by atoms with Crippen LogP contribution < -0.4 is 5.73 Å². The average Bonchev–Trinajstić information content (AvgIpc) is 2.39. The predicted molar refractivity (Wildman–Crippen MR) is 82.6 cm³/mol. The number of benzene rings is 2. The molecule has 1 unspecified atom stereocenters. The van der Waals surface area contributed by atoms with Crippen LogP contribution in [0.5, 0.6) is 0 Å². The maximum atomic E-state index is 6.48. The van der Waals surface area contributed by atoms with Crippen LogP contribution in [-0.4, -0.2) is 0 Å². The summed E-state index contributed by atoms with van der Waals surface area (Å²) in [5, 5.41) is 2.48. The Labute approximate surface area is 118 Å². The van der Waals surface area contributed by atoms with Crippen LogP contribution in [0.3, 0.4) is 0 Å². The molecule has 0 aromatic heterocycles. The molecule has 0 fully saturated rings. The van der Waals surface area contributed by atoms with Crippen molar-refractivity contribution >= 4 is 26.7 Å². The summed E-state index contributed by atoms with van der Waals surface area (Å²) >= 11 is 3.61. The molecule has 0 amide bonds. The van der Waals surface area contributed by atoms with Gasteiger partial charge in [0.25, 0.3) is 0 Å². The van der Waals surface area contributed by atoms with Crippen molar-refractivity contribution in [3.05, 3.63) is 46.4 Å². The lowest BCUT2D eigenvalue weighted by Gasteiger charge is -2.31. The van der Waals surface area contributed by atoms with Gasteiger partial charge in [-0.2, -0.15) is 0 Å². The number of rotatable bonds is 3. The summed E-state index contributed by atoms with van der Waals surface area (Å²) in [7, 11) is 0. The van der Waals surface area contributed by atoms with Crippen molar-refractivity contribution in [2.24, 2.45) is 11.1 Å². The first-order valence-corrected chi connectivity index (χ1v) is 7.19. The topological polar surface area (TPSA) is 26.0 Å². The first-order valence-electron chi connectivity index (χ1n) is 6.40. The second-order valence-corrected chi connectivity index (χ2v) is 6.36. The molecule has 1 atom stereocenters. The van der Waals surface area contributed by atoms with Gasteiger partial charge in [-0.15, -0.1) is 0 Å². The van der Waals surface area contributed by atoms with E-state index in [9.17, 15) is 0 Å². The summed E-state index contributed by atoms with van der Waals surface area (Å²) in [6.07, 6.45) is 1.07. The Bertz CT molecular complexity index is 560. The maximum absolute atomic E-state index is 6.48. The Balaban J connectivity index is 2.62. The summed E-state index contributed by atoms with van der Waals surface area (Å²) in [6.45, 7) is 6.66. The van der Waals surface area contributed by atoms with Gasteiger partial charge < -0.3 is 5.73 Å². The minimum Gasteiger partial charge on any atom is -0.323 e. The van der Waals surface area contributed by atoms with E-state index < -0.39 is 0 Å². The zero-order chi connectivity index (χ0) is 13.3. The van der Waals surface area contributed by atoms with E-state index in [0.717, 1.165) is 10.9 Å². The van der Waals surface area contributed by atoms with Crippen molar-refractivity contribution in [2.75, 3.05) is 0 Å². The zero-order valence-electron chi connectivity index (χ0n) is 11.2. The molecule has 0 saturated carbocycles. The van der Waals surface area contributed by atoms with Gasteiger partial charge in [-0.1, -0.05) is 67.0 Å². The molecule has 2 aromatic carbocycles. The lowest BCUT2D eigenvalue weighted by molar-refractivity contribution is 0.280. The van der Waals surface area contributed by atoms with Gasteiger partial charge in [0.15, 0.2) is 0 Å². The lowest BCUT2D eigenvalue weighted by atomic mass is 9.78. The van der Waals surface area contributed by atoms with Crippen LogP contribution in [0, 0.1) is 5.41 Å². The summed E-state index contributed by atoms with van der Waals surface area (Å²) in [5.74, 6) is 0. The van der Waals surface area contributed by atoms with E-state index in [1.165, 1.54) is 16.3 Å². The molecule has 0 aliphatic rings. The fraction of sp³-hybridized carbons (Fsp3) is 0.375. The zero-order valence-corrected chi connectivity index (χ0v) is 12.8. The van der Waals surface area contributed by atoms with Crippen LogP contribution in [0.25, 0.3) is 10.8 Å². The van der Waals surface area contributed by atoms with Crippen molar-refractivity contribution in [3.8, 4) is 0 Å². The summed E-state index contributed by atoms with van der Waals surface area (Å²) in [4.78, 5) is 0. The molecule has 2 rings (SSSR count). The van der Waals surface area contributed by atoms with E-state index in [1.54, 1.807) is 0 Å². The molecule has 96 valence electrons. The molecule has 0 spiro atoms. The van der Waals surface area contributed by atoms with Gasteiger partial charge in [-0.25, -0.2) is 0 Å². The van der Waals surface area contributed by atoms with E-state index in [0.29, 0.717) is 0 Å². The fourth-order valence-corrected chi connectivity index (χ4v) is 2.68. The third kappa shape index (κ3) is 2.32. The van der Waals surface area contributed by atoms with Crippen molar-refractivity contribution in [1.29, 1.82) is 0 Å². The van der Waals surface area contributed by atoms with Crippen molar-refractivity contribution in [2.45, 2.75) is 33.2 Å². The average molecular weight is 306 g/mol. The van der Waals surface area contributed by atoms with Gasteiger partial charge in [0, 0.05) is 10.5 Å². The summed E-state index contributed by atoms with van der Waals surface area (Å²) in [6, 6.07) is 12.7. The second-order valence-electron chi connectivity index (χ2n) is 5.50. The van der Waals surface area contributed by atoms with Crippen LogP contribution in [0.1, 0.15) is 38.8 Å². The molecule has 2 aromatic rings. The van der Waals surface area contributed by atoms with Crippen LogP contribution >= 0.6 is 15.9 Å². The van der Waals surface area contributed by atoms with E-state index >= 15 is 0 Å². The maximum Gasteiger partial charge on any atom is 0.0352 e. The van der Waals surface area contributed by atoms with Crippen LogP contribution in [0.2, 0.25) is 0 Å². The second kappa shape index (κ2) is 5.02. The Morgan fingerprint density at radius 1 is 1.11 bits per heavy atom. The van der Waals surface area contributed by atoms with Crippen LogP contribution in [-0.2, 0) is 0 Å². The van der Waals surface area contributed by atoms with Gasteiger partial charge in [0.05, 0.1) is 0 Å². The molecule has 1 nitrogen and oxygen atoms in total. The third-order valence-electron chi connectivity index (χ3n) is 3.99. The molecule has 0 aliphatic carbocycles. The Kier molecular flexibility index (Phi) is 3.79. The SMILES string of the molecule is CCC(C)(C)C(N)c1ccc(Br)c2ccccc12. The summed E-state index contributed by atoms with van der Waals surface area (Å²) < 4.78 is 1.13. The molecule has 0 heterocycles. The number of hydrogen-bond donors (Lipinski definition) is 1. The van der Waals surface area contributed by atoms with Gasteiger partial charge in [-0.3, -0.25) is 0 Å². The standard InChI is InChI=1S/C16H20BrN/c1-4-16(2,3)15(18)13-9-10-14(17)12-8-6-5-7-11(12)13/h5-10,15H,4,18H2,1-3H3. The minimum absolute atomic E-state index is 0.0560. The molecule has 0 bridgehead atoms. The molecular weight excluding hydrogens is 286 g/mol. The number of halogens is 1. The van der Waals surface area contributed by atoms with Gasteiger partial charge in [-0.05, 0) is 34.2 Å². The third-order valence-corrected chi connectivity index (χ3v) is 4.68. The predicted octanol–water partition coefficient (Wildman–Crippen LogP) is 5.04. The highest BCUT2D eigenvalue weighted by Gasteiger charge is 2.27. The van der Waals surface area contributed by atoms with Crippen molar-refractivity contribution in [3.63, 3.8) is 0 Å². The molecule has 18 heavy (non-hydrogen) atoms. The van der Waals surface area contributed by atoms with E-state index in [-0.39, 0.29) is 11.5 Å². The smallest absolute Gasteiger partial charge is 0.0352 e. The highest BCUT2D eigenvalue weighted by molar-refractivity contribution is 9.10. The molecule has 0 saturated heterocycles. The quantitative estimate of drug-likeness (QED) is 0.845. The lowest BCUT2D eigenvalue weighted by Crippen LogP contribution is -2.28. The normalized spacial score (nSPS) is 13.8. The van der Waals surface area contributed by atoms with E-state index in [4.69, 9.17) is 5.73 Å². The summed E-state index contributed by atoms with van der Waals surface area (Å²) in [5.41, 5.74) is 7.83. The van der Waals surface area contributed by atoms with Gasteiger partial charge in [0.2, 0.25) is 0 Å². The molecule has 0 aliphatic heterocycles. The number of fused-ring (bicyclic) bond motifs is 1. The Hall–Kier alpha value is -0.860. The highest BCUT2D eigenvalue weighted by Crippen LogP contribution is 2.38. The van der Waals surface area contributed by atoms with Crippen LogP contribution in [0.15, 0.2) is 40.9 Å². The molecule has 0 radical (unpaired) electrons. The minimum atomic E-state index is 0.0560. The fourth-order valence-electron chi connectivity index (χ4n) is 2.20. The molecule has 2 N–H and O–H groups in total. The monoisotopic (exact) mass is 305 g/mol. The highest BCUT2D eigenvalue weighted by atomic mass is 79.9. The first-order chi connectivity index (χ1) is 8.47. The Morgan fingerprint density at radius 2 is 1.72 bits per heavy atom. The van der Waals surface area contributed by atoms with Crippen molar-refractivity contribution in [1.82, 2.24) is 0 Å². The largest absolute Gasteiger partial charge is 0.323 e. The number of hydrogen-bond acceptors (Lipinski definition) is 1. The Morgan fingerprint density at radius 3 is 2.33 bits per heavy atom. The molecule has 2 heteroatoms. The van der Waals surface area contributed by atoms with Gasteiger partial charge in [0.1, 0.15) is 0 Å². The first kappa shape index (κ1) is 13.6. The number of nitrogens with two attached hydrogens (primary N) is 1. The van der Waals surface area contributed by atoms with Gasteiger partial charge >= 0.3 is 0 Å². The van der Waals surface area contributed by atoms with E-state index in [2.05, 4.69) is 73.1 Å². The van der Waals surface area contributed by atoms with Crippen molar-refractivity contribution < 1.29 is 0 Å².